The first-order valence-corrected chi connectivity index (χ1v) is 8.14. The number of rotatable bonds is 7. The molecule has 0 spiro atoms. The zero-order valence-electron chi connectivity index (χ0n) is 11.3. The van der Waals surface area contributed by atoms with E-state index in [-0.39, 0.29) is 6.61 Å². The van der Waals surface area contributed by atoms with Gasteiger partial charge in [0.1, 0.15) is 0 Å². The van der Waals surface area contributed by atoms with E-state index in [1.165, 1.54) is 12.0 Å². The SMILES string of the molecule is CCC(C)Cc1ccc(CCOS(C)(=O)=O)cc1. The van der Waals surface area contributed by atoms with Gasteiger partial charge in [-0.05, 0) is 29.9 Å². The van der Waals surface area contributed by atoms with Crippen LogP contribution < -0.4 is 0 Å². The molecule has 1 aromatic carbocycles. The minimum atomic E-state index is -3.32. The standard InChI is InChI=1S/C14H22O3S/c1-4-12(2)11-14-7-5-13(6-8-14)9-10-17-18(3,15)16/h5-8,12H,4,9-11H2,1-3H3. The van der Waals surface area contributed by atoms with Crippen molar-refractivity contribution in [1.29, 1.82) is 0 Å². The van der Waals surface area contributed by atoms with Crippen LogP contribution in [0.2, 0.25) is 0 Å². The average molecular weight is 270 g/mol. The van der Waals surface area contributed by atoms with Crippen LogP contribution in [0.25, 0.3) is 0 Å². The highest BCUT2D eigenvalue weighted by Crippen LogP contribution is 2.13. The quantitative estimate of drug-likeness (QED) is 0.716. The van der Waals surface area contributed by atoms with E-state index in [0.29, 0.717) is 12.3 Å². The minimum Gasteiger partial charge on any atom is -0.270 e. The highest BCUT2D eigenvalue weighted by Gasteiger charge is 2.03. The number of benzene rings is 1. The van der Waals surface area contributed by atoms with Crippen LogP contribution in [0.15, 0.2) is 24.3 Å². The lowest BCUT2D eigenvalue weighted by molar-refractivity contribution is 0.326. The van der Waals surface area contributed by atoms with Gasteiger partial charge in [0.25, 0.3) is 10.1 Å². The molecule has 1 unspecified atom stereocenters. The zero-order chi connectivity index (χ0) is 13.6. The Labute approximate surface area is 110 Å². The van der Waals surface area contributed by atoms with Gasteiger partial charge in [0, 0.05) is 0 Å². The fourth-order valence-corrected chi connectivity index (χ4v) is 2.09. The van der Waals surface area contributed by atoms with E-state index in [9.17, 15) is 8.42 Å². The Balaban J connectivity index is 2.45. The van der Waals surface area contributed by atoms with Gasteiger partial charge in [-0.1, -0.05) is 44.5 Å². The summed E-state index contributed by atoms with van der Waals surface area (Å²) in [5.74, 6) is 0.699. The highest BCUT2D eigenvalue weighted by molar-refractivity contribution is 7.85. The van der Waals surface area contributed by atoms with E-state index in [4.69, 9.17) is 4.18 Å². The van der Waals surface area contributed by atoms with E-state index in [1.807, 2.05) is 12.1 Å². The average Bonchev–Trinajstić information content (AvgIpc) is 2.29. The van der Waals surface area contributed by atoms with E-state index in [1.54, 1.807) is 0 Å². The van der Waals surface area contributed by atoms with Crippen LogP contribution in [0.4, 0.5) is 0 Å². The summed E-state index contributed by atoms with van der Waals surface area (Å²) >= 11 is 0. The topological polar surface area (TPSA) is 43.4 Å². The highest BCUT2D eigenvalue weighted by atomic mass is 32.2. The second-order valence-corrected chi connectivity index (χ2v) is 6.45. The molecule has 0 heterocycles. The number of hydrogen-bond acceptors (Lipinski definition) is 3. The van der Waals surface area contributed by atoms with Crippen molar-refractivity contribution in [3.05, 3.63) is 35.4 Å². The summed E-state index contributed by atoms with van der Waals surface area (Å²) in [6.07, 6.45) is 3.97. The molecule has 0 N–H and O–H groups in total. The summed E-state index contributed by atoms with van der Waals surface area (Å²) in [6.45, 7) is 4.65. The minimum absolute atomic E-state index is 0.212. The van der Waals surface area contributed by atoms with Crippen LogP contribution in [0, 0.1) is 5.92 Å². The zero-order valence-corrected chi connectivity index (χ0v) is 12.2. The molecule has 0 amide bonds. The summed E-state index contributed by atoms with van der Waals surface area (Å²) in [7, 11) is -3.32. The predicted molar refractivity (Wildman–Crippen MR) is 74.1 cm³/mol. The van der Waals surface area contributed by atoms with E-state index < -0.39 is 10.1 Å². The van der Waals surface area contributed by atoms with E-state index >= 15 is 0 Å². The lowest BCUT2D eigenvalue weighted by atomic mass is 9.98. The van der Waals surface area contributed by atoms with E-state index in [2.05, 4.69) is 26.0 Å². The first-order valence-electron chi connectivity index (χ1n) is 6.33. The molecule has 1 aromatic rings. The summed E-state index contributed by atoms with van der Waals surface area (Å²) in [4.78, 5) is 0. The van der Waals surface area contributed by atoms with Crippen molar-refractivity contribution in [3.8, 4) is 0 Å². The first kappa shape index (κ1) is 15.2. The lowest BCUT2D eigenvalue weighted by Crippen LogP contribution is -2.06. The van der Waals surface area contributed by atoms with Gasteiger partial charge in [0.15, 0.2) is 0 Å². The largest absolute Gasteiger partial charge is 0.270 e. The predicted octanol–water partition coefficient (Wildman–Crippen LogP) is 2.79. The van der Waals surface area contributed by atoms with Gasteiger partial charge < -0.3 is 0 Å². The van der Waals surface area contributed by atoms with Crippen LogP contribution >= 0.6 is 0 Å². The maximum atomic E-state index is 10.8. The summed E-state index contributed by atoms with van der Waals surface area (Å²) in [5, 5.41) is 0. The first-order chi connectivity index (χ1) is 8.40. The third-order valence-electron chi connectivity index (χ3n) is 2.99. The van der Waals surface area contributed by atoms with Gasteiger partial charge in [-0.15, -0.1) is 0 Å². The second kappa shape index (κ2) is 6.90. The summed E-state index contributed by atoms with van der Waals surface area (Å²) < 4.78 is 26.3. The molecule has 0 fully saturated rings. The van der Waals surface area contributed by atoms with E-state index in [0.717, 1.165) is 18.2 Å². The summed E-state index contributed by atoms with van der Waals surface area (Å²) in [5.41, 5.74) is 2.43. The number of hydrogen-bond donors (Lipinski definition) is 0. The van der Waals surface area contributed by atoms with Crippen molar-refractivity contribution >= 4 is 10.1 Å². The van der Waals surface area contributed by atoms with Gasteiger partial charge in [0.2, 0.25) is 0 Å². The molecule has 0 aliphatic carbocycles. The van der Waals surface area contributed by atoms with Crippen molar-refractivity contribution in [1.82, 2.24) is 0 Å². The smallest absolute Gasteiger partial charge is 0.264 e. The van der Waals surface area contributed by atoms with Crippen LogP contribution in [-0.2, 0) is 27.1 Å². The Morgan fingerprint density at radius 2 is 1.72 bits per heavy atom. The molecule has 4 heteroatoms. The third kappa shape index (κ3) is 6.17. The molecular weight excluding hydrogens is 248 g/mol. The maximum absolute atomic E-state index is 10.8. The van der Waals surface area contributed by atoms with Crippen molar-refractivity contribution in [2.75, 3.05) is 12.9 Å². The molecule has 1 rings (SSSR count). The molecule has 1 atom stereocenters. The molecule has 0 radical (unpaired) electrons. The van der Waals surface area contributed by atoms with Crippen molar-refractivity contribution in [2.45, 2.75) is 33.1 Å². The molecule has 0 bridgehead atoms. The van der Waals surface area contributed by atoms with Gasteiger partial charge in [-0.3, -0.25) is 4.18 Å². The van der Waals surface area contributed by atoms with Crippen LogP contribution in [-0.4, -0.2) is 21.3 Å². The van der Waals surface area contributed by atoms with Gasteiger partial charge in [-0.25, -0.2) is 0 Å². The van der Waals surface area contributed by atoms with Crippen LogP contribution in [0.5, 0.6) is 0 Å². The third-order valence-corrected chi connectivity index (χ3v) is 3.59. The summed E-state index contributed by atoms with van der Waals surface area (Å²) in [6, 6.07) is 8.32. The molecule has 0 saturated carbocycles. The molecule has 3 nitrogen and oxygen atoms in total. The Hall–Kier alpha value is -0.870. The van der Waals surface area contributed by atoms with Crippen LogP contribution in [0.3, 0.4) is 0 Å². The Morgan fingerprint density at radius 1 is 1.17 bits per heavy atom. The molecule has 102 valence electrons. The molecular formula is C14H22O3S. The Kier molecular flexibility index (Phi) is 5.82. The van der Waals surface area contributed by atoms with Crippen molar-refractivity contribution in [3.63, 3.8) is 0 Å². The Bertz CT molecular complexity index is 448. The Morgan fingerprint density at radius 3 is 2.22 bits per heavy atom. The molecule has 0 saturated heterocycles. The monoisotopic (exact) mass is 270 g/mol. The van der Waals surface area contributed by atoms with Crippen LogP contribution in [0.1, 0.15) is 31.4 Å². The van der Waals surface area contributed by atoms with Gasteiger partial charge in [0.05, 0.1) is 12.9 Å². The molecule has 0 aliphatic heterocycles. The fraction of sp³-hybridized carbons (Fsp3) is 0.571. The van der Waals surface area contributed by atoms with Gasteiger partial charge in [-0.2, -0.15) is 8.42 Å². The molecule has 0 aromatic heterocycles. The normalized spacial score (nSPS) is 13.5. The second-order valence-electron chi connectivity index (χ2n) is 4.81. The fourth-order valence-electron chi connectivity index (χ4n) is 1.70. The lowest BCUT2D eigenvalue weighted by Gasteiger charge is -2.09. The van der Waals surface area contributed by atoms with Crippen molar-refractivity contribution in [2.24, 2.45) is 5.92 Å². The molecule has 0 aliphatic rings. The molecule has 18 heavy (non-hydrogen) atoms. The van der Waals surface area contributed by atoms with Gasteiger partial charge >= 0.3 is 0 Å². The van der Waals surface area contributed by atoms with Crippen molar-refractivity contribution < 1.29 is 12.6 Å². The maximum Gasteiger partial charge on any atom is 0.264 e.